The van der Waals surface area contributed by atoms with Crippen molar-refractivity contribution in [3.63, 3.8) is 0 Å². The SMILES string of the molecule is CC(O)CCCCN=C(N)N. The molecule has 5 N–H and O–H groups in total. The molecule has 0 aromatic heterocycles. The van der Waals surface area contributed by atoms with E-state index in [1.54, 1.807) is 6.92 Å². The van der Waals surface area contributed by atoms with Crippen LogP contribution in [0, 0.1) is 0 Å². The molecule has 1 atom stereocenters. The van der Waals surface area contributed by atoms with Crippen LogP contribution in [0.5, 0.6) is 0 Å². The third-order valence-corrected chi connectivity index (χ3v) is 1.32. The van der Waals surface area contributed by atoms with Crippen LogP contribution in [-0.4, -0.2) is 23.7 Å². The van der Waals surface area contributed by atoms with Crippen molar-refractivity contribution in [2.24, 2.45) is 16.5 Å². The second kappa shape index (κ2) is 5.97. The van der Waals surface area contributed by atoms with Crippen LogP contribution in [-0.2, 0) is 0 Å². The fourth-order valence-corrected chi connectivity index (χ4v) is 0.760. The number of aliphatic imine (C=N–C) groups is 1. The molecule has 0 aromatic carbocycles. The van der Waals surface area contributed by atoms with E-state index >= 15 is 0 Å². The predicted octanol–water partition coefficient (Wildman–Crippen LogP) is -0.189. The van der Waals surface area contributed by atoms with Crippen molar-refractivity contribution >= 4 is 5.96 Å². The molecule has 1 unspecified atom stereocenters. The number of nitrogens with zero attached hydrogens (tertiary/aromatic N) is 1. The minimum Gasteiger partial charge on any atom is -0.393 e. The van der Waals surface area contributed by atoms with E-state index in [2.05, 4.69) is 4.99 Å². The van der Waals surface area contributed by atoms with E-state index in [0.717, 1.165) is 19.3 Å². The molecule has 0 fully saturated rings. The Morgan fingerprint density at radius 3 is 2.55 bits per heavy atom. The second-order valence-corrected chi connectivity index (χ2v) is 2.65. The van der Waals surface area contributed by atoms with Gasteiger partial charge in [0.2, 0.25) is 0 Å². The van der Waals surface area contributed by atoms with E-state index in [1.165, 1.54) is 0 Å². The molecular formula is C7H17N3O. The average Bonchev–Trinajstić information content (AvgIpc) is 1.85. The Morgan fingerprint density at radius 2 is 2.09 bits per heavy atom. The Kier molecular flexibility index (Phi) is 5.56. The standard InChI is InChI=1S/C7H17N3O/c1-6(11)4-2-3-5-10-7(8)9/h6,11H,2-5H2,1H3,(H4,8,9,10). The van der Waals surface area contributed by atoms with E-state index in [0.29, 0.717) is 6.54 Å². The van der Waals surface area contributed by atoms with Crippen molar-refractivity contribution in [3.05, 3.63) is 0 Å². The minimum absolute atomic E-state index is 0.141. The number of aliphatic hydroxyl groups is 1. The summed E-state index contributed by atoms with van der Waals surface area (Å²) in [6.45, 7) is 2.44. The van der Waals surface area contributed by atoms with Gasteiger partial charge in [-0.1, -0.05) is 0 Å². The van der Waals surface area contributed by atoms with Crippen LogP contribution in [0.15, 0.2) is 4.99 Å². The third kappa shape index (κ3) is 9.23. The predicted molar refractivity (Wildman–Crippen MR) is 46.2 cm³/mol. The molecule has 0 rings (SSSR count). The normalized spacial score (nSPS) is 12.5. The summed E-state index contributed by atoms with van der Waals surface area (Å²) < 4.78 is 0. The lowest BCUT2D eigenvalue weighted by atomic mass is 10.2. The van der Waals surface area contributed by atoms with Gasteiger partial charge in [-0.25, -0.2) is 0 Å². The van der Waals surface area contributed by atoms with Crippen LogP contribution >= 0.6 is 0 Å². The zero-order valence-corrected chi connectivity index (χ0v) is 6.95. The summed E-state index contributed by atoms with van der Waals surface area (Å²) in [6.07, 6.45) is 2.51. The summed E-state index contributed by atoms with van der Waals surface area (Å²) in [5.41, 5.74) is 10.2. The Bertz CT molecular complexity index is 119. The fourth-order valence-electron chi connectivity index (χ4n) is 0.760. The number of guanidine groups is 1. The molecule has 0 amide bonds. The maximum atomic E-state index is 8.88. The second-order valence-electron chi connectivity index (χ2n) is 2.65. The van der Waals surface area contributed by atoms with Crippen molar-refractivity contribution < 1.29 is 5.11 Å². The first-order valence-electron chi connectivity index (χ1n) is 3.86. The van der Waals surface area contributed by atoms with Gasteiger partial charge >= 0.3 is 0 Å². The lowest BCUT2D eigenvalue weighted by Gasteiger charge is -2.01. The van der Waals surface area contributed by atoms with E-state index in [4.69, 9.17) is 16.6 Å². The number of rotatable bonds is 5. The Morgan fingerprint density at radius 1 is 1.45 bits per heavy atom. The number of hydrogen-bond donors (Lipinski definition) is 3. The zero-order chi connectivity index (χ0) is 8.69. The van der Waals surface area contributed by atoms with E-state index in [9.17, 15) is 0 Å². The number of nitrogens with two attached hydrogens (primary N) is 2. The van der Waals surface area contributed by atoms with Crippen molar-refractivity contribution in [1.29, 1.82) is 0 Å². The fraction of sp³-hybridized carbons (Fsp3) is 0.857. The summed E-state index contributed by atoms with van der Waals surface area (Å²) >= 11 is 0. The Labute approximate surface area is 67.3 Å². The molecule has 0 saturated carbocycles. The smallest absolute Gasteiger partial charge is 0.185 e. The Hall–Kier alpha value is -0.770. The van der Waals surface area contributed by atoms with Crippen LogP contribution in [0.1, 0.15) is 26.2 Å². The molecule has 66 valence electrons. The average molecular weight is 159 g/mol. The third-order valence-electron chi connectivity index (χ3n) is 1.32. The number of unbranched alkanes of at least 4 members (excludes halogenated alkanes) is 1. The highest BCUT2D eigenvalue weighted by Gasteiger charge is 1.93. The maximum absolute atomic E-state index is 8.88. The topological polar surface area (TPSA) is 84.6 Å². The first kappa shape index (κ1) is 10.2. The molecule has 0 aromatic rings. The molecule has 11 heavy (non-hydrogen) atoms. The Balaban J connectivity index is 3.09. The van der Waals surface area contributed by atoms with E-state index in [1.807, 2.05) is 0 Å². The van der Waals surface area contributed by atoms with E-state index in [-0.39, 0.29) is 12.1 Å². The van der Waals surface area contributed by atoms with Gasteiger partial charge in [0.1, 0.15) is 0 Å². The van der Waals surface area contributed by atoms with Gasteiger partial charge < -0.3 is 16.6 Å². The number of aliphatic hydroxyl groups excluding tert-OH is 1. The highest BCUT2D eigenvalue weighted by atomic mass is 16.3. The molecule has 0 aliphatic carbocycles. The van der Waals surface area contributed by atoms with Gasteiger partial charge in [0.05, 0.1) is 6.10 Å². The molecule has 0 saturated heterocycles. The lowest BCUT2D eigenvalue weighted by molar-refractivity contribution is 0.181. The van der Waals surface area contributed by atoms with Crippen molar-refractivity contribution in [2.45, 2.75) is 32.3 Å². The van der Waals surface area contributed by atoms with Gasteiger partial charge in [0.15, 0.2) is 5.96 Å². The summed E-state index contributed by atoms with van der Waals surface area (Å²) in [4.78, 5) is 3.81. The highest BCUT2D eigenvalue weighted by Crippen LogP contribution is 1.99. The lowest BCUT2D eigenvalue weighted by Crippen LogP contribution is -2.22. The van der Waals surface area contributed by atoms with Gasteiger partial charge in [0, 0.05) is 6.54 Å². The molecule has 4 heteroatoms. The van der Waals surface area contributed by atoms with E-state index < -0.39 is 0 Å². The summed E-state index contributed by atoms with van der Waals surface area (Å²) in [7, 11) is 0. The molecule has 4 nitrogen and oxygen atoms in total. The number of hydrogen-bond acceptors (Lipinski definition) is 2. The monoisotopic (exact) mass is 159 g/mol. The molecule has 0 spiro atoms. The molecule has 0 bridgehead atoms. The molecule has 0 radical (unpaired) electrons. The zero-order valence-electron chi connectivity index (χ0n) is 6.95. The highest BCUT2D eigenvalue weighted by molar-refractivity contribution is 5.75. The molecule has 0 aliphatic rings. The largest absolute Gasteiger partial charge is 0.393 e. The van der Waals surface area contributed by atoms with Crippen LogP contribution in [0.2, 0.25) is 0 Å². The molecule has 0 aliphatic heterocycles. The van der Waals surface area contributed by atoms with Crippen molar-refractivity contribution in [3.8, 4) is 0 Å². The maximum Gasteiger partial charge on any atom is 0.185 e. The minimum atomic E-state index is -0.214. The van der Waals surface area contributed by atoms with Gasteiger partial charge in [-0.15, -0.1) is 0 Å². The summed E-state index contributed by atoms with van der Waals surface area (Å²) in [6, 6.07) is 0. The summed E-state index contributed by atoms with van der Waals surface area (Å²) in [5, 5.41) is 8.88. The van der Waals surface area contributed by atoms with Crippen molar-refractivity contribution in [2.75, 3.05) is 6.54 Å². The first-order valence-corrected chi connectivity index (χ1v) is 3.86. The van der Waals surface area contributed by atoms with Crippen molar-refractivity contribution in [1.82, 2.24) is 0 Å². The van der Waals surface area contributed by atoms with Crippen LogP contribution in [0.3, 0.4) is 0 Å². The van der Waals surface area contributed by atoms with Gasteiger partial charge in [-0.3, -0.25) is 4.99 Å². The van der Waals surface area contributed by atoms with Gasteiger partial charge in [-0.2, -0.15) is 0 Å². The van der Waals surface area contributed by atoms with Gasteiger partial charge in [0.25, 0.3) is 0 Å². The van der Waals surface area contributed by atoms with Crippen LogP contribution in [0.4, 0.5) is 0 Å². The molecule has 0 heterocycles. The quantitative estimate of drug-likeness (QED) is 0.295. The van der Waals surface area contributed by atoms with Gasteiger partial charge in [-0.05, 0) is 26.2 Å². The van der Waals surface area contributed by atoms with Crippen LogP contribution < -0.4 is 11.5 Å². The molecular weight excluding hydrogens is 142 g/mol. The summed E-state index contributed by atoms with van der Waals surface area (Å²) in [5.74, 6) is 0.141. The van der Waals surface area contributed by atoms with Crippen LogP contribution in [0.25, 0.3) is 0 Å². The first-order chi connectivity index (χ1) is 5.13.